The zero-order valence-electron chi connectivity index (χ0n) is 11.2. The van der Waals surface area contributed by atoms with E-state index < -0.39 is 21.8 Å². The van der Waals surface area contributed by atoms with Crippen molar-refractivity contribution < 1.29 is 4.79 Å². The number of thiol groups is 2. The van der Waals surface area contributed by atoms with Crippen LogP contribution in [0, 0.1) is 0 Å². The molecule has 0 N–H and O–H groups in total. The molecule has 0 bridgehead atoms. The van der Waals surface area contributed by atoms with Gasteiger partial charge >= 0.3 is 0 Å². The Morgan fingerprint density at radius 2 is 1.28 bits per heavy atom. The van der Waals surface area contributed by atoms with E-state index in [1.54, 1.807) is 0 Å². The lowest BCUT2D eigenvalue weighted by molar-refractivity contribution is 0.276. The molecule has 0 fully saturated rings. The third-order valence-electron chi connectivity index (χ3n) is 2.78. The Kier molecular flexibility index (Phi) is 3.92. The molecule has 0 radical (unpaired) electrons. The van der Waals surface area contributed by atoms with Gasteiger partial charge in [0.05, 0.1) is 10.1 Å². The Labute approximate surface area is 114 Å². The van der Waals surface area contributed by atoms with Crippen molar-refractivity contribution in [1.29, 1.82) is 0 Å². The second-order valence-corrected chi connectivity index (χ2v) is 8.70. The topological polar surface area (TPSA) is 23.6 Å². The maximum absolute atomic E-state index is 12.7. The van der Waals surface area contributed by atoms with Crippen molar-refractivity contribution in [2.75, 3.05) is 28.2 Å². The molecule has 0 aromatic heterocycles. The summed E-state index contributed by atoms with van der Waals surface area (Å²) in [7, 11) is 6.42. The van der Waals surface area contributed by atoms with Crippen LogP contribution in [0.4, 0.5) is 4.79 Å². The van der Waals surface area contributed by atoms with E-state index in [2.05, 4.69) is 32.8 Å². The second kappa shape index (κ2) is 5.28. The molecular formula is C13H20N2OS2. The van der Waals surface area contributed by atoms with Gasteiger partial charge < -0.3 is 9.80 Å². The fraction of sp³-hybridized carbons (Fsp3) is 0.308. The van der Waals surface area contributed by atoms with Crippen molar-refractivity contribution in [3.63, 3.8) is 0 Å². The molecule has 0 aromatic carbocycles. The van der Waals surface area contributed by atoms with Gasteiger partial charge in [-0.05, 0) is 23.0 Å². The minimum atomic E-state index is -0.794. The lowest BCUT2D eigenvalue weighted by Crippen LogP contribution is -2.15. The Morgan fingerprint density at radius 1 is 0.889 bits per heavy atom. The Bertz CT molecular complexity index is 433. The zero-order valence-corrected chi connectivity index (χ0v) is 13.0. The van der Waals surface area contributed by atoms with Gasteiger partial charge in [-0.15, -0.1) is 21.8 Å². The number of hydrogen-bond acceptors (Lipinski definition) is 3. The number of allylic oxidation sites excluding steroid dienone is 4. The van der Waals surface area contributed by atoms with E-state index >= 15 is 0 Å². The maximum Gasteiger partial charge on any atom is 0.224 e. The minimum Gasteiger partial charge on any atom is -0.373 e. The molecule has 2 aliphatic rings. The van der Waals surface area contributed by atoms with E-state index in [1.807, 2.05) is 40.3 Å². The molecule has 0 saturated heterocycles. The third-order valence-corrected chi connectivity index (χ3v) is 7.93. The summed E-state index contributed by atoms with van der Waals surface area (Å²) in [6, 6.07) is 0. The molecule has 2 atom stereocenters. The molecule has 0 spiro atoms. The first-order valence-electron chi connectivity index (χ1n) is 5.76. The zero-order chi connectivity index (χ0) is 13.3. The molecule has 2 aliphatic heterocycles. The van der Waals surface area contributed by atoms with Crippen LogP contribution in [0.25, 0.3) is 0 Å². The van der Waals surface area contributed by atoms with Gasteiger partial charge in [0.15, 0.2) is 0 Å². The highest BCUT2D eigenvalue weighted by Crippen LogP contribution is 2.56. The molecule has 2 rings (SSSR count). The summed E-state index contributed by atoms with van der Waals surface area (Å²) in [6.45, 7) is 0. The maximum atomic E-state index is 12.7. The van der Waals surface area contributed by atoms with E-state index in [4.69, 9.17) is 0 Å². The van der Waals surface area contributed by atoms with Crippen LogP contribution >= 0.6 is 21.8 Å². The lowest BCUT2D eigenvalue weighted by Gasteiger charge is -2.29. The van der Waals surface area contributed by atoms with E-state index in [-0.39, 0.29) is 0 Å². The van der Waals surface area contributed by atoms with Crippen molar-refractivity contribution in [2.45, 2.75) is 0 Å². The van der Waals surface area contributed by atoms with Crippen molar-refractivity contribution in [3.05, 3.63) is 45.2 Å². The van der Waals surface area contributed by atoms with Crippen LogP contribution in [0.3, 0.4) is 0 Å². The van der Waals surface area contributed by atoms with E-state index in [9.17, 15) is 4.79 Å². The van der Waals surface area contributed by atoms with Crippen molar-refractivity contribution >= 4 is 26.2 Å². The fourth-order valence-electron chi connectivity index (χ4n) is 1.91. The number of hydrogen-bond donors (Lipinski definition) is 2. The van der Waals surface area contributed by atoms with Crippen LogP contribution in [-0.4, -0.2) is 42.4 Å². The molecule has 0 amide bonds. The van der Waals surface area contributed by atoms with Crippen LogP contribution in [0.15, 0.2) is 45.2 Å². The molecule has 0 saturated carbocycles. The summed E-state index contributed by atoms with van der Waals surface area (Å²) >= 11 is 0. The first-order chi connectivity index (χ1) is 8.52. The van der Waals surface area contributed by atoms with E-state index in [0.717, 1.165) is 10.1 Å². The fourth-order valence-corrected chi connectivity index (χ4v) is 6.68. The third kappa shape index (κ3) is 2.37. The predicted molar refractivity (Wildman–Crippen MR) is 85.2 cm³/mol. The summed E-state index contributed by atoms with van der Waals surface area (Å²) in [6.07, 6.45) is 8.12. The molecule has 5 heteroatoms. The van der Waals surface area contributed by atoms with Crippen LogP contribution < -0.4 is 0 Å². The van der Waals surface area contributed by atoms with Crippen LogP contribution in [0.1, 0.15) is 0 Å². The van der Waals surface area contributed by atoms with Crippen LogP contribution in [0.5, 0.6) is 0 Å². The normalized spacial score (nSPS) is 29.1. The molecule has 0 aromatic rings. The molecular weight excluding hydrogens is 264 g/mol. The summed E-state index contributed by atoms with van der Waals surface area (Å²) in [5.74, 6) is 0. The van der Waals surface area contributed by atoms with Gasteiger partial charge in [0.1, 0.15) is 0 Å². The van der Waals surface area contributed by atoms with E-state index in [1.165, 1.54) is 0 Å². The van der Waals surface area contributed by atoms with Crippen molar-refractivity contribution in [2.24, 2.45) is 0 Å². The number of rotatable bonds is 2. The highest BCUT2D eigenvalue weighted by Gasteiger charge is 2.28. The average molecular weight is 284 g/mol. The highest BCUT2D eigenvalue weighted by molar-refractivity contribution is 8.58. The van der Waals surface area contributed by atoms with Gasteiger partial charge in [-0.2, -0.15) is 0 Å². The molecule has 18 heavy (non-hydrogen) atoms. The smallest absolute Gasteiger partial charge is 0.224 e. The Balaban J connectivity index is 2.18. The largest absolute Gasteiger partial charge is 0.373 e. The van der Waals surface area contributed by atoms with Gasteiger partial charge in [0.2, 0.25) is 4.45 Å². The Hall–Kier alpha value is -1.07. The quantitative estimate of drug-likeness (QED) is 0.762. The molecule has 100 valence electrons. The lowest BCUT2D eigenvalue weighted by atomic mass is 10.6. The van der Waals surface area contributed by atoms with Crippen molar-refractivity contribution in [3.8, 4) is 0 Å². The van der Waals surface area contributed by atoms with Crippen LogP contribution in [-0.2, 0) is 0 Å². The number of nitrogens with zero attached hydrogens (tertiary/aromatic N) is 2. The second-order valence-electron chi connectivity index (χ2n) is 4.54. The van der Waals surface area contributed by atoms with Crippen LogP contribution in [0.2, 0.25) is 0 Å². The Morgan fingerprint density at radius 3 is 1.61 bits per heavy atom. The van der Waals surface area contributed by atoms with Gasteiger partial charge in [0.25, 0.3) is 0 Å². The van der Waals surface area contributed by atoms with Gasteiger partial charge in [-0.3, -0.25) is 4.79 Å². The SMILES string of the molecule is CN(C)C1=CC=C[SH]1C(=O)[SH]1C=CC=C1N(C)C. The highest BCUT2D eigenvalue weighted by atomic mass is 32.3. The van der Waals surface area contributed by atoms with Crippen molar-refractivity contribution in [1.82, 2.24) is 9.80 Å². The summed E-state index contributed by atoms with van der Waals surface area (Å²) in [5, 5.41) is 6.43. The molecule has 3 nitrogen and oxygen atoms in total. The summed E-state index contributed by atoms with van der Waals surface area (Å²) < 4.78 is 0.377. The van der Waals surface area contributed by atoms with Gasteiger partial charge in [-0.1, -0.05) is 12.2 Å². The molecule has 0 aliphatic carbocycles. The predicted octanol–water partition coefficient (Wildman–Crippen LogP) is 2.97. The molecule has 2 unspecified atom stereocenters. The van der Waals surface area contributed by atoms with Gasteiger partial charge in [-0.25, -0.2) is 0 Å². The average Bonchev–Trinajstić information content (AvgIpc) is 2.97. The monoisotopic (exact) mass is 284 g/mol. The first kappa shape index (κ1) is 13.4. The standard InChI is InChI=1S/C13H20N2OS2/c1-14(2)11-7-5-9-17(11)13(16)18-10-6-8-12(18)15(3)4/h5-10,17-18H,1-4H3. The first-order valence-corrected chi connectivity index (χ1v) is 8.58. The summed E-state index contributed by atoms with van der Waals surface area (Å²) in [5.41, 5.74) is 0. The summed E-state index contributed by atoms with van der Waals surface area (Å²) in [4.78, 5) is 16.8. The van der Waals surface area contributed by atoms with E-state index in [0.29, 0.717) is 4.45 Å². The molecule has 2 heterocycles. The van der Waals surface area contributed by atoms with Gasteiger partial charge in [0, 0.05) is 28.2 Å². The number of carbonyl (C=O) groups is 1. The minimum absolute atomic E-state index is 0.377. The number of carbonyl (C=O) groups excluding carboxylic acids is 1.